The number of hydrogen-bond donors (Lipinski definition) is 0. The van der Waals surface area contributed by atoms with Gasteiger partial charge in [0.1, 0.15) is 5.78 Å². The second-order valence-corrected chi connectivity index (χ2v) is 3.12. The molecular formula is C10H12N2O. The number of hydrogen-bond acceptors (Lipinski definition) is 3. The number of rotatable bonds is 3. The Labute approximate surface area is 77.6 Å². The average molecular weight is 176 g/mol. The zero-order chi connectivity index (χ0) is 9.68. The van der Waals surface area contributed by atoms with Crippen LogP contribution in [0.3, 0.4) is 0 Å². The minimum atomic E-state index is 0.0521. The highest BCUT2D eigenvalue weighted by Crippen LogP contribution is 2.09. The zero-order valence-corrected chi connectivity index (χ0v) is 7.82. The van der Waals surface area contributed by atoms with Gasteiger partial charge in [-0.1, -0.05) is 13.8 Å². The number of ketones is 1. The third kappa shape index (κ3) is 3.18. The molecule has 0 atom stereocenters. The van der Waals surface area contributed by atoms with Gasteiger partial charge in [-0.25, -0.2) is 4.99 Å². The van der Waals surface area contributed by atoms with Crippen LogP contribution in [0.15, 0.2) is 28.0 Å². The minimum absolute atomic E-state index is 0.0521. The van der Waals surface area contributed by atoms with E-state index < -0.39 is 0 Å². The fourth-order valence-corrected chi connectivity index (χ4v) is 0.828. The zero-order valence-electron chi connectivity index (χ0n) is 7.82. The lowest BCUT2D eigenvalue weighted by atomic mass is 10.1. The molecule has 3 nitrogen and oxygen atoms in total. The van der Waals surface area contributed by atoms with E-state index >= 15 is 0 Å². The van der Waals surface area contributed by atoms with Crippen LogP contribution < -0.4 is 0 Å². The molecule has 1 heterocycles. The Morgan fingerprint density at radius 3 is 3.08 bits per heavy atom. The van der Waals surface area contributed by atoms with E-state index in [1.54, 1.807) is 18.5 Å². The number of allylic oxidation sites excluding steroid dienone is 2. The lowest BCUT2D eigenvalue weighted by molar-refractivity contribution is -0.121. The summed E-state index contributed by atoms with van der Waals surface area (Å²) in [6, 6.07) is 0. The molecule has 1 aliphatic rings. The molecule has 0 N–H and O–H groups in total. The monoisotopic (exact) mass is 176 g/mol. The van der Waals surface area contributed by atoms with E-state index in [1.807, 2.05) is 13.8 Å². The molecule has 0 amide bonds. The summed E-state index contributed by atoms with van der Waals surface area (Å²) in [5, 5.41) is 0. The van der Waals surface area contributed by atoms with Gasteiger partial charge in [0.2, 0.25) is 0 Å². The Kier molecular flexibility index (Phi) is 3.35. The smallest absolute Gasteiger partial charge is 0.141 e. The van der Waals surface area contributed by atoms with Gasteiger partial charge in [-0.3, -0.25) is 9.79 Å². The third-order valence-electron chi connectivity index (χ3n) is 1.68. The molecule has 0 aliphatic carbocycles. The maximum absolute atomic E-state index is 11.3. The summed E-state index contributed by atoms with van der Waals surface area (Å²) in [5.41, 5.74) is 0.694. The lowest BCUT2D eigenvalue weighted by Crippen LogP contribution is -2.07. The Hall–Kier alpha value is -1.47. The van der Waals surface area contributed by atoms with Crippen LogP contribution in [-0.4, -0.2) is 17.9 Å². The van der Waals surface area contributed by atoms with Gasteiger partial charge in [0, 0.05) is 18.2 Å². The first-order valence-electron chi connectivity index (χ1n) is 4.23. The first-order valence-corrected chi connectivity index (χ1v) is 4.23. The van der Waals surface area contributed by atoms with E-state index in [9.17, 15) is 4.79 Å². The standard InChI is InChI=1S/C10H12N2O/c1-8(2)10(13)6-9-7-11-4-3-5-12-9/h3,5,7-8H,6H2,1-2H3. The predicted octanol–water partition coefficient (Wildman–Crippen LogP) is 1.75. The van der Waals surface area contributed by atoms with Crippen molar-refractivity contribution < 1.29 is 4.79 Å². The first-order chi connectivity index (χ1) is 6.20. The Bertz CT molecular complexity index is 318. The molecule has 0 unspecified atom stereocenters. The molecule has 0 bridgehead atoms. The normalized spacial score (nSPS) is 14.5. The number of nitrogens with zero attached hydrogens (tertiary/aromatic N) is 2. The van der Waals surface area contributed by atoms with Crippen molar-refractivity contribution in [2.45, 2.75) is 20.3 Å². The molecule has 68 valence electrons. The fraction of sp³-hybridized carbons (Fsp3) is 0.400. The van der Waals surface area contributed by atoms with E-state index in [4.69, 9.17) is 0 Å². The molecule has 0 radical (unpaired) electrons. The average Bonchev–Trinajstić information content (AvgIpc) is 2.32. The van der Waals surface area contributed by atoms with Crippen LogP contribution in [0.25, 0.3) is 0 Å². The van der Waals surface area contributed by atoms with Crippen molar-refractivity contribution in [1.82, 2.24) is 0 Å². The Balaban J connectivity index is 2.61. The second kappa shape index (κ2) is 4.53. The van der Waals surface area contributed by atoms with Crippen LogP contribution in [0.1, 0.15) is 20.3 Å². The molecule has 0 aromatic heterocycles. The van der Waals surface area contributed by atoms with Crippen molar-refractivity contribution in [3.8, 4) is 0 Å². The van der Waals surface area contributed by atoms with Gasteiger partial charge < -0.3 is 0 Å². The van der Waals surface area contributed by atoms with Crippen LogP contribution in [-0.2, 0) is 4.79 Å². The van der Waals surface area contributed by atoms with Crippen LogP contribution in [0, 0.1) is 5.92 Å². The van der Waals surface area contributed by atoms with Crippen molar-refractivity contribution >= 4 is 17.9 Å². The van der Waals surface area contributed by atoms with Gasteiger partial charge in [0.25, 0.3) is 0 Å². The summed E-state index contributed by atoms with van der Waals surface area (Å²) in [7, 11) is 0. The summed E-state index contributed by atoms with van der Waals surface area (Å²) in [5.74, 6) is 2.88. The molecule has 0 spiro atoms. The first kappa shape index (κ1) is 9.62. The summed E-state index contributed by atoms with van der Waals surface area (Å²) in [4.78, 5) is 19.2. The van der Waals surface area contributed by atoms with E-state index in [2.05, 4.69) is 15.9 Å². The maximum atomic E-state index is 11.3. The molecule has 3 heteroatoms. The maximum Gasteiger partial charge on any atom is 0.141 e. The van der Waals surface area contributed by atoms with E-state index in [-0.39, 0.29) is 11.7 Å². The van der Waals surface area contributed by atoms with Crippen molar-refractivity contribution in [3.05, 3.63) is 18.0 Å². The highest BCUT2D eigenvalue weighted by Gasteiger charge is 2.09. The predicted molar refractivity (Wildman–Crippen MR) is 53.0 cm³/mol. The van der Waals surface area contributed by atoms with E-state index in [0.29, 0.717) is 12.1 Å². The molecule has 0 aromatic rings. The highest BCUT2D eigenvalue weighted by atomic mass is 16.1. The Morgan fingerprint density at radius 1 is 1.62 bits per heavy atom. The van der Waals surface area contributed by atoms with Crippen molar-refractivity contribution in [1.29, 1.82) is 0 Å². The number of aliphatic imine (C=N–C) groups is 2. The highest BCUT2D eigenvalue weighted by molar-refractivity contribution is 5.86. The number of carbonyl (C=O) groups excluding carboxylic acids is 1. The van der Waals surface area contributed by atoms with E-state index in [0.717, 1.165) is 0 Å². The molecule has 1 aliphatic heterocycles. The Morgan fingerprint density at radius 2 is 2.38 bits per heavy atom. The van der Waals surface area contributed by atoms with Gasteiger partial charge in [0.05, 0.1) is 18.3 Å². The molecule has 0 fully saturated rings. The van der Waals surface area contributed by atoms with Gasteiger partial charge in [-0.05, 0) is 5.87 Å². The van der Waals surface area contributed by atoms with Gasteiger partial charge >= 0.3 is 0 Å². The van der Waals surface area contributed by atoms with Crippen LogP contribution in [0.5, 0.6) is 0 Å². The number of carbonyl (C=O) groups is 1. The summed E-state index contributed by atoms with van der Waals surface area (Å²) < 4.78 is 0. The largest absolute Gasteiger partial charge is 0.299 e. The fourth-order valence-electron chi connectivity index (χ4n) is 0.828. The van der Waals surface area contributed by atoms with Gasteiger partial charge in [-0.15, -0.1) is 0 Å². The van der Waals surface area contributed by atoms with Crippen LogP contribution in [0.2, 0.25) is 0 Å². The SMILES string of the molecule is CC(C)C(=O)CC1=CN=C=CC=N1. The van der Waals surface area contributed by atoms with Crippen molar-refractivity contribution in [2.24, 2.45) is 15.9 Å². The van der Waals surface area contributed by atoms with Crippen molar-refractivity contribution in [2.75, 3.05) is 0 Å². The summed E-state index contributed by atoms with van der Waals surface area (Å²) in [6.45, 7) is 3.76. The molecule has 1 rings (SSSR count). The molecule has 13 heavy (non-hydrogen) atoms. The van der Waals surface area contributed by atoms with Gasteiger partial charge in [-0.2, -0.15) is 0 Å². The third-order valence-corrected chi connectivity index (χ3v) is 1.68. The van der Waals surface area contributed by atoms with Crippen molar-refractivity contribution in [3.63, 3.8) is 0 Å². The van der Waals surface area contributed by atoms with Crippen LogP contribution in [0.4, 0.5) is 0 Å². The number of Topliss-reactive ketones (excluding diaryl/α,β-unsaturated/α-hetero) is 1. The summed E-state index contributed by atoms with van der Waals surface area (Å²) in [6.07, 6.45) is 5.13. The molecule has 0 aromatic carbocycles. The summed E-state index contributed by atoms with van der Waals surface area (Å²) >= 11 is 0. The second-order valence-electron chi connectivity index (χ2n) is 3.12. The van der Waals surface area contributed by atoms with Crippen LogP contribution >= 0.6 is 0 Å². The molecule has 0 saturated heterocycles. The molecular weight excluding hydrogens is 164 g/mol. The topological polar surface area (TPSA) is 41.8 Å². The minimum Gasteiger partial charge on any atom is -0.299 e. The van der Waals surface area contributed by atoms with Gasteiger partial charge in [0.15, 0.2) is 0 Å². The quantitative estimate of drug-likeness (QED) is 0.646. The van der Waals surface area contributed by atoms with E-state index in [1.165, 1.54) is 0 Å². The molecule has 0 saturated carbocycles. The lowest BCUT2D eigenvalue weighted by Gasteiger charge is -2.02.